The first-order chi connectivity index (χ1) is 15.5. The van der Waals surface area contributed by atoms with Crippen LogP contribution in [0.15, 0.2) is 30.3 Å². The Bertz CT molecular complexity index is 1130. The number of aryl methyl sites for hydroxylation is 1. The zero-order chi connectivity index (χ0) is 22.2. The van der Waals surface area contributed by atoms with Crippen molar-refractivity contribution in [3.8, 4) is 0 Å². The molecule has 0 radical (unpaired) electrons. The molecule has 2 bridgehead atoms. The van der Waals surface area contributed by atoms with Gasteiger partial charge in [0.05, 0.1) is 11.4 Å². The molecule has 5 rings (SSSR count). The number of nitrogens with one attached hydrogen (secondary N) is 3. The average molecular weight is 454 g/mol. The van der Waals surface area contributed by atoms with Crippen LogP contribution in [0.5, 0.6) is 0 Å². The molecule has 0 spiro atoms. The van der Waals surface area contributed by atoms with Crippen LogP contribution in [-0.4, -0.2) is 49.7 Å². The molecular weight excluding hydrogens is 425 g/mol. The first kappa shape index (κ1) is 21.2. The van der Waals surface area contributed by atoms with Gasteiger partial charge < -0.3 is 20.9 Å². The maximum absolute atomic E-state index is 14.0. The second-order valence-electron chi connectivity index (χ2n) is 8.68. The van der Waals surface area contributed by atoms with E-state index in [4.69, 9.17) is 0 Å². The fourth-order valence-electron chi connectivity index (χ4n) is 4.78. The minimum atomic E-state index is -0.365. The number of hydrogen-bond donors (Lipinski definition) is 3. The van der Waals surface area contributed by atoms with E-state index in [9.17, 15) is 9.18 Å². The molecule has 6 nitrogen and oxygen atoms in total. The molecule has 32 heavy (non-hydrogen) atoms. The second kappa shape index (κ2) is 8.67. The Morgan fingerprint density at radius 1 is 1.25 bits per heavy atom. The third-order valence-corrected chi connectivity index (χ3v) is 7.58. The van der Waals surface area contributed by atoms with Crippen molar-refractivity contribution in [3.05, 3.63) is 52.3 Å². The third kappa shape index (κ3) is 4.04. The quantitative estimate of drug-likeness (QED) is 0.531. The highest BCUT2D eigenvalue weighted by Gasteiger charge is 2.32. The number of benzene rings is 1. The van der Waals surface area contributed by atoms with E-state index in [1.165, 1.54) is 41.5 Å². The van der Waals surface area contributed by atoms with Crippen molar-refractivity contribution in [3.63, 3.8) is 0 Å². The fraction of sp³-hybridized carbons (Fsp3) is 0.417. The summed E-state index contributed by atoms with van der Waals surface area (Å²) >= 11 is 1.29. The van der Waals surface area contributed by atoms with Gasteiger partial charge in [0.2, 0.25) is 0 Å². The Hall–Kier alpha value is -2.71. The molecule has 0 saturated carbocycles. The third-order valence-electron chi connectivity index (χ3n) is 6.48. The standard InChI is InChI=1S/C24H28FN5OS/c1-14-20(25)11-19-21(26-2)22(32-24(19)28-14)23(31)27-10-9-15-3-7-18(8-4-15)30-12-16-5-6-17(13-30)29-16/h3-4,7-8,11,16-17,26,29H,5-6,9-10,12-13H2,1-2H3,(H,27,31)/t16-,17+. The van der Waals surface area contributed by atoms with Crippen molar-refractivity contribution in [2.45, 2.75) is 38.3 Å². The molecular formula is C24H28FN5OS. The van der Waals surface area contributed by atoms with Crippen molar-refractivity contribution in [1.82, 2.24) is 15.6 Å². The maximum Gasteiger partial charge on any atom is 0.263 e. The smallest absolute Gasteiger partial charge is 0.263 e. The highest BCUT2D eigenvalue weighted by molar-refractivity contribution is 7.21. The molecule has 0 unspecified atom stereocenters. The Kier molecular flexibility index (Phi) is 5.73. The van der Waals surface area contributed by atoms with Crippen LogP contribution in [-0.2, 0) is 6.42 Å². The fourth-order valence-corrected chi connectivity index (χ4v) is 5.90. The first-order valence-corrected chi connectivity index (χ1v) is 12.0. The lowest BCUT2D eigenvalue weighted by molar-refractivity contribution is 0.0959. The van der Waals surface area contributed by atoms with Crippen LogP contribution in [0, 0.1) is 12.7 Å². The number of nitrogens with zero attached hydrogens (tertiary/aromatic N) is 2. The maximum atomic E-state index is 14.0. The summed E-state index contributed by atoms with van der Waals surface area (Å²) in [6.07, 6.45) is 3.31. The van der Waals surface area contributed by atoms with Gasteiger partial charge in [0.1, 0.15) is 15.5 Å². The van der Waals surface area contributed by atoms with Crippen molar-refractivity contribution in [2.75, 3.05) is 36.9 Å². The zero-order valence-electron chi connectivity index (χ0n) is 18.4. The number of amides is 1. The summed E-state index contributed by atoms with van der Waals surface area (Å²) in [6.45, 7) is 4.32. The Morgan fingerprint density at radius 2 is 1.97 bits per heavy atom. The Morgan fingerprint density at radius 3 is 2.66 bits per heavy atom. The number of aromatic nitrogens is 1. The number of hydrogen-bond acceptors (Lipinski definition) is 6. The van der Waals surface area contributed by atoms with Gasteiger partial charge in [0, 0.05) is 49.8 Å². The van der Waals surface area contributed by atoms with E-state index in [-0.39, 0.29) is 11.7 Å². The normalized spacial score (nSPS) is 20.0. The summed E-state index contributed by atoms with van der Waals surface area (Å²) < 4.78 is 14.0. The lowest BCUT2D eigenvalue weighted by Crippen LogP contribution is -2.51. The first-order valence-electron chi connectivity index (χ1n) is 11.2. The van der Waals surface area contributed by atoms with Crippen LogP contribution in [0.3, 0.4) is 0 Å². The molecule has 168 valence electrons. The molecule has 2 aliphatic heterocycles. The monoisotopic (exact) mass is 453 g/mol. The van der Waals surface area contributed by atoms with Gasteiger partial charge in [-0.3, -0.25) is 4.79 Å². The van der Waals surface area contributed by atoms with E-state index in [0.717, 1.165) is 19.5 Å². The Balaban J connectivity index is 1.21. The van der Waals surface area contributed by atoms with Crippen LogP contribution in [0.4, 0.5) is 15.8 Å². The number of fused-ring (bicyclic) bond motifs is 3. The minimum Gasteiger partial charge on any atom is -0.386 e. The summed E-state index contributed by atoms with van der Waals surface area (Å²) in [6, 6.07) is 11.4. The zero-order valence-corrected chi connectivity index (χ0v) is 19.2. The average Bonchev–Trinajstić information content (AvgIpc) is 3.32. The lowest BCUT2D eigenvalue weighted by atomic mass is 10.1. The molecule has 2 saturated heterocycles. The van der Waals surface area contributed by atoms with E-state index in [2.05, 4.69) is 50.1 Å². The Labute approximate surface area is 191 Å². The summed E-state index contributed by atoms with van der Waals surface area (Å²) in [5, 5.41) is 10.3. The summed E-state index contributed by atoms with van der Waals surface area (Å²) in [4.78, 5) is 20.8. The molecule has 1 amide bonds. The topological polar surface area (TPSA) is 69.3 Å². The van der Waals surface area contributed by atoms with Crippen LogP contribution < -0.4 is 20.9 Å². The summed E-state index contributed by atoms with van der Waals surface area (Å²) in [7, 11) is 1.74. The molecule has 3 N–H and O–H groups in total. The van der Waals surface area contributed by atoms with E-state index < -0.39 is 0 Å². The van der Waals surface area contributed by atoms with Gasteiger partial charge in [-0.15, -0.1) is 11.3 Å². The van der Waals surface area contributed by atoms with E-state index in [1.807, 2.05) is 0 Å². The number of rotatable bonds is 6. The largest absolute Gasteiger partial charge is 0.386 e. The number of anilines is 2. The second-order valence-corrected chi connectivity index (χ2v) is 9.68. The van der Waals surface area contributed by atoms with Gasteiger partial charge in [-0.25, -0.2) is 9.37 Å². The number of halogens is 1. The number of thiophene rings is 1. The van der Waals surface area contributed by atoms with Crippen LogP contribution in [0.25, 0.3) is 10.2 Å². The van der Waals surface area contributed by atoms with Gasteiger partial charge in [-0.1, -0.05) is 12.1 Å². The van der Waals surface area contributed by atoms with Gasteiger partial charge in [0.25, 0.3) is 5.91 Å². The highest BCUT2D eigenvalue weighted by Crippen LogP contribution is 2.35. The van der Waals surface area contributed by atoms with Crippen LogP contribution in [0.1, 0.15) is 33.8 Å². The summed E-state index contributed by atoms with van der Waals surface area (Å²) in [5.74, 6) is -0.529. The number of carbonyl (C=O) groups excluding carboxylic acids is 1. The molecule has 2 aromatic heterocycles. The van der Waals surface area contributed by atoms with Crippen molar-refractivity contribution >= 4 is 38.8 Å². The number of pyridine rings is 1. The van der Waals surface area contributed by atoms with Gasteiger partial charge in [0.15, 0.2) is 0 Å². The van der Waals surface area contributed by atoms with Crippen molar-refractivity contribution in [2.24, 2.45) is 0 Å². The van der Waals surface area contributed by atoms with Crippen LogP contribution >= 0.6 is 11.3 Å². The molecule has 8 heteroatoms. The van der Waals surface area contributed by atoms with Gasteiger partial charge >= 0.3 is 0 Å². The molecule has 2 fully saturated rings. The van der Waals surface area contributed by atoms with Gasteiger partial charge in [-0.2, -0.15) is 0 Å². The highest BCUT2D eigenvalue weighted by atomic mass is 32.1. The number of piperazine rings is 1. The van der Waals surface area contributed by atoms with Crippen molar-refractivity contribution in [1.29, 1.82) is 0 Å². The molecule has 2 atom stereocenters. The van der Waals surface area contributed by atoms with Crippen LogP contribution in [0.2, 0.25) is 0 Å². The molecule has 0 aliphatic carbocycles. The van der Waals surface area contributed by atoms with E-state index >= 15 is 0 Å². The SMILES string of the molecule is CNc1c(C(=O)NCCc2ccc(N3C[C@H]4CC[C@@H](C3)N4)cc2)sc2nc(C)c(F)cc12. The molecule has 2 aliphatic rings. The minimum absolute atomic E-state index is 0.164. The van der Waals surface area contributed by atoms with E-state index in [1.54, 1.807) is 14.0 Å². The predicted octanol–water partition coefficient (Wildman–Crippen LogP) is 3.70. The lowest BCUT2D eigenvalue weighted by Gasteiger charge is -2.34. The molecule has 1 aromatic carbocycles. The molecule has 4 heterocycles. The summed E-state index contributed by atoms with van der Waals surface area (Å²) in [5.41, 5.74) is 3.43. The van der Waals surface area contributed by atoms with Gasteiger partial charge in [-0.05, 0) is 49.9 Å². The number of carbonyl (C=O) groups is 1. The molecule has 3 aromatic rings. The van der Waals surface area contributed by atoms with Crippen molar-refractivity contribution < 1.29 is 9.18 Å². The van der Waals surface area contributed by atoms with E-state index in [0.29, 0.717) is 45.1 Å². The predicted molar refractivity (Wildman–Crippen MR) is 128 cm³/mol.